The SMILES string of the molecule is COc1ccc(F)cc1S(=O)(=O)NCC(c1ccco1)N(C)C. The minimum Gasteiger partial charge on any atom is -0.495 e. The van der Waals surface area contributed by atoms with E-state index < -0.39 is 15.8 Å². The van der Waals surface area contributed by atoms with Crippen LogP contribution in [0.2, 0.25) is 0 Å². The monoisotopic (exact) mass is 342 g/mol. The van der Waals surface area contributed by atoms with Crippen LogP contribution in [0, 0.1) is 5.82 Å². The zero-order valence-corrected chi connectivity index (χ0v) is 13.9. The van der Waals surface area contributed by atoms with Crippen LogP contribution in [0.3, 0.4) is 0 Å². The smallest absolute Gasteiger partial charge is 0.244 e. The summed E-state index contributed by atoms with van der Waals surface area (Å²) < 4.78 is 51.1. The number of halogens is 1. The molecule has 0 aliphatic carbocycles. The second-order valence-electron chi connectivity index (χ2n) is 5.14. The number of hydrogen-bond acceptors (Lipinski definition) is 5. The molecule has 0 fully saturated rings. The molecule has 0 saturated heterocycles. The largest absolute Gasteiger partial charge is 0.495 e. The number of sulfonamides is 1. The molecule has 1 N–H and O–H groups in total. The Bertz CT molecular complexity index is 745. The van der Waals surface area contributed by atoms with E-state index in [4.69, 9.17) is 9.15 Å². The maximum Gasteiger partial charge on any atom is 0.244 e. The Morgan fingerprint density at radius 2 is 2.09 bits per heavy atom. The van der Waals surface area contributed by atoms with Gasteiger partial charge in [0.1, 0.15) is 22.2 Å². The van der Waals surface area contributed by atoms with Gasteiger partial charge in [0, 0.05) is 6.54 Å². The molecule has 0 radical (unpaired) electrons. The van der Waals surface area contributed by atoms with Gasteiger partial charge in [-0.25, -0.2) is 17.5 Å². The third-order valence-corrected chi connectivity index (χ3v) is 4.82. The molecule has 1 aromatic carbocycles. The molecule has 1 atom stereocenters. The van der Waals surface area contributed by atoms with Crippen molar-refractivity contribution < 1.29 is 22.0 Å². The van der Waals surface area contributed by atoms with E-state index in [1.165, 1.54) is 19.4 Å². The number of furan rings is 1. The number of rotatable bonds is 7. The maximum atomic E-state index is 13.4. The average molecular weight is 342 g/mol. The van der Waals surface area contributed by atoms with Crippen LogP contribution in [0.15, 0.2) is 45.9 Å². The van der Waals surface area contributed by atoms with Gasteiger partial charge in [-0.2, -0.15) is 0 Å². The summed E-state index contributed by atoms with van der Waals surface area (Å²) in [4.78, 5) is 1.58. The molecule has 2 rings (SSSR count). The van der Waals surface area contributed by atoms with Crippen molar-refractivity contribution in [2.45, 2.75) is 10.9 Å². The Labute approximate surface area is 134 Å². The summed E-state index contributed by atoms with van der Waals surface area (Å²) >= 11 is 0. The average Bonchev–Trinajstić information content (AvgIpc) is 3.01. The summed E-state index contributed by atoms with van der Waals surface area (Å²) in [5.74, 6) is 0.0589. The highest BCUT2D eigenvalue weighted by Gasteiger charge is 2.24. The predicted molar refractivity (Wildman–Crippen MR) is 83.3 cm³/mol. The number of nitrogens with zero attached hydrogens (tertiary/aromatic N) is 1. The Kier molecular flexibility index (Phi) is 5.40. The van der Waals surface area contributed by atoms with Crippen LogP contribution in [0.25, 0.3) is 0 Å². The van der Waals surface area contributed by atoms with Gasteiger partial charge in [-0.3, -0.25) is 4.90 Å². The van der Waals surface area contributed by atoms with Gasteiger partial charge < -0.3 is 9.15 Å². The first kappa shape index (κ1) is 17.5. The molecule has 2 aromatic rings. The highest BCUT2D eigenvalue weighted by atomic mass is 32.2. The third kappa shape index (κ3) is 4.10. The minimum absolute atomic E-state index is 0.0719. The van der Waals surface area contributed by atoms with E-state index in [-0.39, 0.29) is 23.2 Å². The van der Waals surface area contributed by atoms with Gasteiger partial charge in [0.25, 0.3) is 0 Å². The molecule has 1 aromatic heterocycles. The lowest BCUT2D eigenvalue weighted by atomic mass is 10.2. The maximum absolute atomic E-state index is 13.4. The number of methoxy groups -OCH3 is 1. The Morgan fingerprint density at radius 3 is 2.65 bits per heavy atom. The van der Waals surface area contributed by atoms with Gasteiger partial charge in [-0.05, 0) is 44.4 Å². The van der Waals surface area contributed by atoms with E-state index in [0.717, 1.165) is 12.1 Å². The first-order valence-electron chi connectivity index (χ1n) is 6.88. The third-order valence-electron chi connectivity index (χ3n) is 3.38. The van der Waals surface area contributed by atoms with Crippen molar-refractivity contribution in [2.24, 2.45) is 0 Å². The molecule has 0 bridgehead atoms. The van der Waals surface area contributed by atoms with Crippen molar-refractivity contribution in [3.8, 4) is 5.75 Å². The van der Waals surface area contributed by atoms with Crippen LogP contribution in [0.5, 0.6) is 5.75 Å². The van der Waals surface area contributed by atoms with Crippen molar-refractivity contribution in [1.82, 2.24) is 9.62 Å². The fourth-order valence-corrected chi connectivity index (χ4v) is 3.36. The lowest BCUT2D eigenvalue weighted by Gasteiger charge is -2.22. The number of benzene rings is 1. The first-order chi connectivity index (χ1) is 10.8. The molecule has 0 spiro atoms. The summed E-state index contributed by atoms with van der Waals surface area (Å²) in [7, 11) is 1.02. The Balaban J connectivity index is 2.23. The molecule has 6 nitrogen and oxygen atoms in total. The van der Waals surface area contributed by atoms with Crippen LogP contribution in [-0.2, 0) is 10.0 Å². The number of likely N-dealkylation sites (N-methyl/N-ethyl adjacent to an activating group) is 1. The molecule has 0 saturated carbocycles. The van der Waals surface area contributed by atoms with Gasteiger partial charge in [0.15, 0.2) is 0 Å². The molecule has 0 amide bonds. The molecule has 1 heterocycles. The van der Waals surface area contributed by atoms with Crippen molar-refractivity contribution in [2.75, 3.05) is 27.7 Å². The fraction of sp³-hybridized carbons (Fsp3) is 0.333. The molecule has 0 aliphatic heterocycles. The van der Waals surface area contributed by atoms with E-state index in [1.807, 2.05) is 19.0 Å². The van der Waals surface area contributed by atoms with Crippen molar-refractivity contribution in [3.63, 3.8) is 0 Å². The Morgan fingerprint density at radius 1 is 1.35 bits per heavy atom. The van der Waals surface area contributed by atoms with Gasteiger partial charge in [-0.1, -0.05) is 0 Å². The van der Waals surface area contributed by atoms with E-state index in [0.29, 0.717) is 5.76 Å². The zero-order valence-electron chi connectivity index (χ0n) is 13.1. The summed E-state index contributed by atoms with van der Waals surface area (Å²) in [6.07, 6.45) is 1.52. The van der Waals surface area contributed by atoms with Gasteiger partial charge in [0.05, 0.1) is 19.4 Å². The summed E-state index contributed by atoms with van der Waals surface area (Å²) in [5, 5.41) is 0. The molecular formula is C15H19FN2O4S. The van der Waals surface area contributed by atoms with Gasteiger partial charge in [-0.15, -0.1) is 0 Å². The predicted octanol–water partition coefficient (Wildman–Crippen LogP) is 2.01. The molecule has 23 heavy (non-hydrogen) atoms. The van der Waals surface area contributed by atoms with E-state index in [9.17, 15) is 12.8 Å². The molecule has 126 valence electrons. The quantitative estimate of drug-likeness (QED) is 0.833. The van der Waals surface area contributed by atoms with Crippen LogP contribution >= 0.6 is 0 Å². The van der Waals surface area contributed by atoms with Crippen molar-refractivity contribution in [1.29, 1.82) is 0 Å². The normalized spacial score (nSPS) is 13.3. The van der Waals surface area contributed by atoms with E-state index in [1.54, 1.807) is 12.1 Å². The fourth-order valence-electron chi connectivity index (χ4n) is 2.15. The van der Waals surface area contributed by atoms with E-state index in [2.05, 4.69) is 4.72 Å². The van der Waals surface area contributed by atoms with Gasteiger partial charge >= 0.3 is 0 Å². The van der Waals surface area contributed by atoms with Gasteiger partial charge in [0.2, 0.25) is 10.0 Å². The minimum atomic E-state index is -3.93. The van der Waals surface area contributed by atoms with Crippen LogP contribution in [0.1, 0.15) is 11.8 Å². The lowest BCUT2D eigenvalue weighted by Crippen LogP contribution is -2.34. The first-order valence-corrected chi connectivity index (χ1v) is 8.36. The molecule has 1 unspecified atom stereocenters. The molecule has 8 heteroatoms. The second-order valence-corrected chi connectivity index (χ2v) is 6.88. The standard InChI is InChI=1S/C15H19FN2O4S/c1-18(2)12(13-5-4-8-22-13)10-17-23(19,20)15-9-11(16)6-7-14(15)21-3/h4-9,12,17H,10H2,1-3H3. The summed E-state index contributed by atoms with van der Waals surface area (Å²) in [6.45, 7) is 0.0719. The molecular weight excluding hydrogens is 323 g/mol. The highest BCUT2D eigenvalue weighted by molar-refractivity contribution is 7.89. The van der Waals surface area contributed by atoms with Crippen LogP contribution in [0.4, 0.5) is 4.39 Å². The zero-order chi connectivity index (χ0) is 17.0. The number of hydrogen-bond donors (Lipinski definition) is 1. The van der Waals surface area contributed by atoms with Crippen molar-refractivity contribution >= 4 is 10.0 Å². The van der Waals surface area contributed by atoms with Crippen LogP contribution < -0.4 is 9.46 Å². The topological polar surface area (TPSA) is 71.8 Å². The molecule has 0 aliphatic rings. The summed E-state index contributed by atoms with van der Waals surface area (Å²) in [5.41, 5.74) is 0. The second kappa shape index (κ2) is 7.12. The number of nitrogens with one attached hydrogen (secondary N) is 1. The van der Waals surface area contributed by atoms with Crippen molar-refractivity contribution in [3.05, 3.63) is 48.2 Å². The highest BCUT2D eigenvalue weighted by Crippen LogP contribution is 2.25. The lowest BCUT2D eigenvalue weighted by molar-refractivity contribution is 0.259. The number of ether oxygens (including phenoxy) is 1. The summed E-state index contributed by atoms with van der Waals surface area (Å²) in [6, 6.07) is 6.55. The van der Waals surface area contributed by atoms with E-state index >= 15 is 0 Å². The van der Waals surface area contributed by atoms with Crippen LogP contribution in [-0.4, -0.2) is 41.1 Å². The Hall–Kier alpha value is -1.90.